The highest BCUT2D eigenvalue weighted by molar-refractivity contribution is 7.46. The highest BCUT2D eigenvalue weighted by Crippen LogP contribution is 2.36. The third-order valence-corrected chi connectivity index (χ3v) is 9.91. The molecule has 0 saturated heterocycles. The molecule has 310 valence electrons. The van der Waals surface area contributed by atoms with Crippen molar-refractivity contribution in [3.8, 4) is 0 Å². The second-order valence-corrected chi connectivity index (χ2v) is 15.9. The van der Waals surface area contributed by atoms with E-state index >= 15 is 0 Å². The van der Waals surface area contributed by atoms with Crippen LogP contribution in [0, 0.1) is 0 Å². The number of esters is 2. The number of unbranched alkanes of at least 4 members (excludes halogenated alkanes) is 24. The van der Waals surface area contributed by atoms with Gasteiger partial charge in [-0.3, -0.25) is 14.1 Å². The van der Waals surface area contributed by atoms with E-state index in [1.807, 2.05) is 0 Å². The van der Waals surface area contributed by atoms with E-state index < -0.39 is 32.5 Å². The summed E-state index contributed by atoms with van der Waals surface area (Å²) in [6, 6.07) is 0. The van der Waals surface area contributed by atoms with Crippen LogP contribution in [-0.4, -0.2) is 41.0 Å². The lowest BCUT2D eigenvalue weighted by Crippen LogP contribution is -2.29. The topological polar surface area (TPSA) is 119 Å². The summed E-state index contributed by atoms with van der Waals surface area (Å²) in [6.45, 7) is 3.58. The van der Waals surface area contributed by atoms with Gasteiger partial charge in [-0.2, -0.15) is 0 Å². The van der Waals surface area contributed by atoms with Crippen molar-refractivity contribution in [3.05, 3.63) is 36.5 Å². The van der Waals surface area contributed by atoms with Crippen LogP contribution >= 0.6 is 7.82 Å². The summed E-state index contributed by atoms with van der Waals surface area (Å²) in [7, 11) is -4.76. The summed E-state index contributed by atoms with van der Waals surface area (Å²) in [5, 5.41) is 0. The first kappa shape index (κ1) is 51.3. The number of allylic oxidation sites excluding steroid dienone is 6. The minimum absolute atomic E-state index is 0.211. The van der Waals surface area contributed by atoms with Crippen molar-refractivity contribution in [1.82, 2.24) is 0 Å². The number of rotatable bonds is 40. The van der Waals surface area contributed by atoms with Gasteiger partial charge >= 0.3 is 19.8 Å². The predicted molar refractivity (Wildman–Crippen MR) is 221 cm³/mol. The molecular formula is C44H81O8P. The molecular weight excluding hydrogens is 687 g/mol. The second kappa shape index (κ2) is 39.9. The molecule has 2 N–H and O–H groups in total. The summed E-state index contributed by atoms with van der Waals surface area (Å²) in [5.41, 5.74) is 0. The molecule has 0 aliphatic carbocycles. The third-order valence-electron chi connectivity index (χ3n) is 9.42. The van der Waals surface area contributed by atoms with E-state index in [-0.39, 0.29) is 19.4 Å². The normalized spacial score (nSPS) is 12.8. The number of ether oxygens (including phenoxy) is 2. The molecule has 0 fully saturated rings. The van der Waals surface area contributed by atoms with Gasteiger partial charge in [0.2, 0.25) is 0 Å². The SMILES string of the molecule is CC/C=C/C/C=C/C/C=C/CCCCCCCC(=O)OC[C@H](COP(=O)(O)O)OC(=O)CCCCCCCCCCCCCCCCCCCCCC. The van der Waals surface area contributed by atoms with Gasteiger partial charge in [0.25, 0.3) is 0 Å². The Morgan fingerprint density at radius 1 is 0.509 bits per heavy atom. The molecule has 0 bridgehead atoms. The van der Waals surface area contributed by atoms with Crippen LogP contribution in [0.15, 0.2) is 36.5 Å². The van der Waals surface area contributed by atoms with Gasteiger partial charge in [-0.25, -0.2) is 4.57 Å². The highest BCUT2D eigenvalue weighted by Gasteiger charge is 2.22. The first-order valence-electron chi connectivity index (χ1n) is 21.8. The van der Waals surface area contributed by atoms with Gasteiger partial charge in [0.15, 0.2) is 6.10 Å². The molecule has 0 aliphatic heterocycles. The third kappa shape index (κ3) is 42.9. The molecule has 0 aromatic heterocycles. The van der Waals surface area contributed by atoms with Gasteiger partial charge in [0, 0.05) is 12.8 Å². The minimum Gasteiger partial charge on any atom is -0.462 e. The average Bonchev–Trinajstić information content (AvgIpc) is 3.13. The highest BCUT2D eigenvalue weighted by atomic mass is 31.2. The van der Waals surface area contributed by atoms with Crippen LogP contribution in [0.2, 0.25) is 0 Å². The van der Waals surface area contributed by atoms with Crippen LogP contribution in [0.3, 0.4) is 0 Å². The first-order chi connectivity index (χ1) is 25.8. The molecule has 9 heteroatoms. The molecule has 0 aromatic carbocycles. The molecule has 0 amide bonds. The Hall–Kier alpha value is -1.73. The van der Waals surface area contributed by atoms with Crippen molar-refractivity contribution in [2.24, 2.45) is 0 Å². The molecule has 0 unspecified atom stereocenters. The van der Waals surface area contributed by atoms with Gasteiger partial charge in [-0.1, -0.05) is 192 Å². The van der Waals surface area contributed by atoms with E-state index in [0.717, 1.165) is 70.6 Å². The van der Waals surface area contributed by atoms with Gasteiger partial charge in [0.05, 0.1) is 6.61 Å². The molecule has 8 nitrogen and oxygen atoms in total. The molecule has 0 spiro atoms. The summed E-state index contributed by atoms with van der Waals surface area (Å²) in [5.74, 6) is -0.897. The number of phosphoric acid groups is 1. The monoisotopic (exact) mass is 769 g/mol. The van der Waals surface area contributed by atoms with Crippen molar-refractivity contribution in [2.75, 3.05) is 13.2 Å². The summed E-state index contributed by atoms with van der Waals surface area (Å²) >= 11 is 0. The molecule has 0 radical (unpaired) electrons. The Balaban J connectivity index is 3.87. The van der Waals surface area contributed by atoms with E-state index in [0.29, 0.717) is 12.8 Å². The lowest BCUT2D eigenvalue weighted by Gasteiger charge is -2.18. The number of hydrogen-bond donors (Lipinski definition) is 2. The molecule has 0 heterocycles. The van der Waals surface area contributed by atoms with E-state index in [9.17, 15) is 14.2 Å². The largest absolute Gasteiger partial charge is 0.469 e. The quantitative estimate of drug-likeness (QED) is 0.0274. The fourth-order valence-corrected chi connectivity index (χ4v) is 6.57. The number of hydrogen-bond acceptors (Lipinski definition) is 6. The lowest BCUT2D eigenvalue weighted by molar-refractivity contribution is -0.161. The number of carbonyl (C=O) groups excluding carboxylic acids is 2. The zero-order valence-corrected chi connectivity index (χ0v) is 35.1. The second-order valence-electron chi connectivity index (χ2n) is 14.6. The molecule has 0 rings (SSSR count). The molecule has 0 saturated carbocycles. The van der Waals surface area contributed by atoms with E-state index in [2.05, 4.69) is 54.8 Å². The fourth-order valence-electron chi connectivity index (χ4n) is 6.21. The maximum absolute atomic E-state index is 12.4. The Kier molecular flexibility index (Phi) is 38.6. The Labute approximate surface area is 325 Å². The zero-order valence-electron chi connectivity index (χ0n) is 34.2. The first-order valence-corrected chi connectivity index (χ1v) is 23.3. The van der Waals surface area contributed by atoms with E-state index in [1.165, 1.54) is 103 Å². The fraction of sp³-hybridized carbons (Fsp3) is 0.818. The number of carbonyl (C=O) groups is 2. The number of phosphoric ester groups is 1. The van der Waals surface area contributed by atoms with Crippen LogP contribution in [0.4, 0.5) is 0 Å². The average molecular weight is 769 g/mol. The lowest BCUT2D eigenvalue weighted by atomic mass is 10.0. The van der Waals surface area contributed by atoms with Crippen LogP contribution in [-0.2, 0) is 28.2 Å². The maximum Gasteiger partial charge on any atom is 0.469 e. The predicted octanol–water partition coefficient (Wildman–Crippen LogP) is 13.4. The zero-order chi connectivity index (χ0) is 38.9. The molecule has 1 atom stereocenters. The summed E-state index contributed by atoms with van der Waals surface area (Å²) in [4.78, 5) is 42.9. The summed E-state index contributed by atoms with van der Waals surface area (Å²) < 4.78 is 26.4. The Morgan fingerprint density at radius 2 is 0.906 bits per heavy atom. The van der Waals surface area contributed by atoms with E-state index in [1.54, 1.807) is 0 Å². The Bertz CT molecular complexity index is 957. The smallest absolute Gasteiger partial charge is 0.462 e. The van der Waals surface area contributed by atoms with Crippen molar-refractivity contribution in [2.45, 2.75) is 219 Å². The maximum atomic E-state index is 12.4. The molecule has 0 aromatic rings. The van der Waals surface area contributed by atoms with Crippen LogP contribution < -0.4 is 0 Å². The van der Waals surface area contributed by atoms with Crippen molar-refractivity contribution >= 4 is 19.8 Å². The van der Waals surface area contributed by atoms with Crippen LogP contribution in [0.1, 0.15) is 213 Å². The molecule has 0 aliphatic rings. The van der Waals surface area contributed by atoms with Crippen molar-refractivity contribution in [1.29, 1.82) is 0 Å². The van der Waals surface area contributed by atoms with Gasteiger partial charge in [0.1, 0.15) is 6.61 Å². The van der Waals surface area contributed by atoms with Crippen LogP contribution in [0.25, 0.3) is 0 Å². The standard InChI is InChI=1S/C44H81O8P/c1-3-5-7-9-11-13-15-17-19-20-21-22-23-25-27-29-31-33-35-37-39-44(46)52-42(41-51-53(47,48)49)40-50-43(45)38-36-34-32-30-28-26-24-18-16-14-12-10-8-6-4-2/h6,8,12,14,18,24,42H,3-5,7,9-11,13,15-17,19-23,25-41H2,1-2H3,(H2,47,48,49)/b8-6+,14-12+,24-18+/t42-/m1/s1. The van der Waals surface area contributed by atoms with Crippen molar-refractivity contribution < 1.29 is 37.9 Å². The van der Waals surface area contributed by atoms with Crippen molar-refractivity contribution in [3.63, 3.8) is 0 Å². The van der Waals surface area contributed by atoms with Crippen LogP contribution in [0.5, 0.6) is 0 Å². The Morgan fingerprint density at radius 3 is 1.36 bits per heavy atom. The summed E-state index contributed by atoms with van der Waals surface area (Å²) in [6.07, 6.45) is 47.3. The molecule has 53 heavy (non-hydrogen) atoms. The van der Waals surface area contributed by atoms with Gasteiger partial charge in [-0.15, -0.1) is 0 Å². The van der Waals surface area contributed by atoms with Gasteiger partial charge < -0.3 is 19.3 Å². The van der Waals surface area contributed by atoms with Gasteiger partial charge in [-0.05, 0) is 44.9 Å². The van der Waals surface area contributed by atoms with E-state index in [4.69, 9.17) is 19.3 Å². The minimum atomic E-state index is -4.76.